The first-order valence-electron chi connectivity index (χ1n) is 8.03. The Morgan fingerprint density at radius 3 is 3.00 bits per heavy atom. The van der Waals surface area contributed by atoms with Gasteiger partial charge in [0.15, 0.2) is 0 Å². The third kappa shape index (κ3) is 2.61. The van der Waals surface area contributed by atoms with Gasteiger partial charge in [-0.05, 0) is 42.5 Å². The van der Waals surface area contributed by atoms with E-state index in [9.17, 15) is 0 Å². The molecule has 3 heterocycles. The summed E-state index contributed by atoms with van der Waals surface area (Å²) in [5, 5.41) is 5.21. The predicted molar refractivity (Wildman–Crippen MR) is 86.7 cm³/mol. The molecule has 0 N–H and O–H groups in total. The van der Waals surface area contributed by atoms with Crippen LogP contribution in [0.2, 0.25) is 0 Å². The Kier molecular flexibility index (Phi) is 3.58. The van der Waals surface area contributed by atoms with Gasteiger partial charge in [0.1, 0.15) is 6.10 Å². The highest BCUT2D eigenvalue weighted by atomic mass is 16.5. The summed E-state index contributed by atoms with van der Waals surface area (Å²) >= 11 is 0. The maximum absolute atomic E-state index is 5.83. The average Bonchev–Trinajstić information content (AvgIpc) is 3.23. The van der Waals surface area contributed by atoms with Gasteiger partial charge in [0.05, 0.1) is 5.52 Å². The number of hydrogen-bond donors (Lipinski definition) is 0. The Morgan fingerprint density at radius 2 is 2.13 bits per heavy atom. The Bertz CT molecular complexity index is 828. The molecule has 3 aromatic rings. The highest BCUT2D eigenvalue weighted by molar-refractivity contribution is 5.82. The van der Waals surface area contributed by atoms with Crippen molar-refractivity contribution >= 4 is 10.9 Å². The van der Waals surface area contributed by atoms with E-state index in [-0.39, 0.29) is 6.10 Å². The van der Waals surface area contributed by atoms with E-state index in [2.05, 4.69) is 29.0 Å². The molecule has 2 atom stereocenters. The van der Waals surface area contributed by atoms with Crippen molar-refractivity contribution in [3.8, 4) is 11.4 Å². The maximum Gasteiger partial charge on any atom is 0.256 e. The molecule has 1 fully saturated rings. The first-order chi connectivity index (χ1) is 11.2. The van der Waals surface area contributed by atoms with Crippen LogP contribution < -0.4 is 0 Å². The Morgan fingerprint density at radius 1 is 1.22 bits per heavy atom. The molecule has 5 nitrogen and oxygen atoms in total. The van der Waals surface area contributed by atoms with Gasteiger partial charge in [-0.1, -0.05) is 25.1 Å². The van der Waals surface area contributed by atoms with Gasteiger partial charge in [-0.2, -0.15) is 4.98 Å². The fourth-order valence-electron chi connectivity index (χ4n) is 3.23. The van der Waals surface area contributed by atoms with Crippen molar-refractivity contribution in [3.05, 3.63) is 42.4 Å². The first-order valence-corrected chi connectivity index (χ1v) is 8.03. The highest BCUT2D eigenvalue weighted by Crippen LogP contribution is 2.38. The zero-order valence-corrected chi connectivity index (χ0v) is 13.3. The number of pyridine rings is 1. The number of ether oxygens (including phenoxy) is 1. The van der Waals surface area contributed by atoms with Gasteiger partial charge in [0, 0.05) is 23.8 Å². The molecule has 0 spiro atoms. The topological polar surface area (TPSA) is 61.0 Å². The number of rotatable bonds is 3. The summed E-state index contributed by atoms with van der Waals surface area (Å²) in [6.45, 7) is 5.17. The summed E-state index contributed by atoms with van der Waals surface area (Å²) in [7, 11) is 0. The second-order valence-electron chi connectivity index (χ2n) is 6.36. The zero-order valence-electron chi connectivity index (χ0n) is 13.3. The monoisotopic (exact) mass is 309 g/mol. The van der Waals surface area contributed by atoms with E-state index in [0.29, 0.717) is 23.6 Å². The van der Waals surface area contributed by atoms with Crippen molar-refractivity contribution in [2.24, 2.45) is 11.8 Å². The number of hydrogen-bond acceptors (Lipinski definition) is 5. The van der Waals surface area contributed by atoms with E-state index in [0.717, 1.165) is 29.5 Å². The van der Waals surface area contributed by atoms with Crippen LogP contribution in [0.4, 0.5) is 0 Å². The summed E-state index contributed by atoms with van der Waals surface area (Å²) in [5.41, 5.74) is 1.89. The molecule has 23 heavy (non-hydrogen) atoms. The molecule has 118 valence electrons. The quantitative estimate of drug-likeness (QED) is 0.731. The van der Waals surface area contributed by atoms with Crippen molar-refractivity contribution in [1.29, 1.82) is 0 Å². The van der Waals surface area contributed by atoms with E-state index >= 15 is 0 Å². The number of nitrogens with zero attached hydrogens (tertiary/aromatic N) is 3. The minimum Gasteiger partial charge on any atom is -0.368 e. The predicted octanol–water partition coefficient (Wildman–Crippen LogP) is 4.02. The molecule has 1 saturated heterocycles. The molecule has 0 amide bonds. The lowest BCUT2D eigenvalue weighted by atomic mass is 9.89. The van der Waals surface area contributed by atoms with Gasteiger partial charge < -0.3 is 9.26 Å². The van der Waals surface area contributed by atoms with Crippen LogP contribution >= 0.6 is 0 Å². The van der Waals surface area contributed by atoms with Crippen molar-refractivity contribution < 1.29 is 9.26 Å². The van der Waals surface area contributed by atoms with Crippen molar-refractivity contribution in [2.45, 2.75) is 26.4 Å². The molecule has 1 aromatic carbocycles. The summed E-state index contributed by atoms with van der Waals surface area (Å²) in [6.07, 6.45) is 2.75. The van der Waals surface area contributed by atoms with Crippen LogP contribution in [0.15, 0.2) is 41.1 Å². The van der Waals surface area contributed by atoms with E-state index in [1.165, 1.54) is 0 Å². The van der Waals surface area contributed by atoms with Crippen molar-refractivity contribution in [1.82, 2.24) is 15.1 Å². The molecule has 2 aromatic heterocycles. The van der Waals surface area contributed by atoms with Gasteiger partial charge in [-0.25, -0.2) is 0 Å². The van der Waals surface area contributed by atoms with Crippen LogP contribution in [0.3, 0.4) is 0 Å². The molecule has 0 bridgehead atoms. The molecule has 4 rings (SSSR count). The lowest BCUT2D eigenvalue weighted by molar-refractivity contribution is 0.0520. The SMILES string of the molecule is CC(C)[C@@H]1CCO[C@@H]1c1nc(-c2ccc3ncccc3c2)no1. The van der Waals surface area contributed by atoms with E-state index in [1.807, 2.05) is 30.3 Å². The van der Waals surface area contributed by atoms with Crippen LogP contribution in [0.1, 0.15) is 32.3 Å². The number of aromatic nitrogens is 3. The van der Waals surface area contributed by atoms with Crippen molar-refractivity contribution in [3.63, 3.8) is 0 Å². The normalized spacial score (nSPS) is 21.3. The minimum absolute atomic E-state index is 0.0848. The number of fused-ring (bicyclic) bond motifs is 1. The molecule has 0 aliphatic carbocycles. The Labute approximate surface area is 134 Å². The van der Waals surface area contributed by atoms with Crippen LogP contribution in [0.25, 0.3) is 22.3 Å². The lowest BCUT2D eigenvalue weighted by Crippen LogP contribution is -2.13. The molecular formula is C18H19N3O2. The fourth-order valence-corrected chi connectivity index (χ4v) is 3.23. The fraction of sp³-hybridized carbons (Fsp3) is 0.389. The first kappa shape index (κ1) is 14.3. The average molecular weight is 309 g/mol. The number of benzene rings is 1. The summed E-state index contributed by atoms with van der Waals surface area (Å²) in [5.74, 6) is 2.15. The Hall–Kier alpha value is -2.27. The molecule has 0 unspecified atom stereocenters. The minimum atomic E-state index is -0.0848. The largest absolute Gasteiger partial charge is 0.368 e. The summed E-state index contributed by atoms with van der Waals surface area (Å²) in [4.78, 5) is 8.91. The smallest absolute Gasteiger partial charge is 0.256 e. The van der Waals surface area contributed by atoms with Gasteiger partial charge >= 0.3 is 0 Å². The van der Waals surface area contributed by atoms with E-state index < -0.39 is 0 Å². The third-order valence-electron chi connectivity index (χ3n) is 4.54. The van der Waals surface area contributed by atoms with Crippen LogP contribution in [0.5, 0.6) is 0 Å². The van der Waals surface area contributed by atoms with E-state index in [1.54, 1.807) is 6.20 Å². The van der Waals surface area contributed by atoms with E-state index in [4.69, 9.17) is 9.26 Å². The van der Waals surface area contributed by atoms with Gasteiger partial charge in [-0.3, -0.25) is 4.98 Å². The molecule has 1 aliphatic rings. The Balaban J connectivity index is 1.66. The van der Waals surface area contributed by atoms with Gasteiger partial charge in [0.25, 0.3) is 5.89 Å². The summed E-state index contributed by atoms with van der Waals surface area (Å²) in [6, 6.07) is 9.94. The molecular weight excluding hydrogens is 290 g/mol. The van der Waals surface area contributed by atoms with Crippen LogP contribution in [-0.4, -0.2) is 21.7 Å². The van der Waals surface area contributed by atoms with Crippen molar-refractivity contribution in [2.75, 3.05) is 6.61 Å². The van der Waals surface area contributed by atoms with Crippen LogP contribution in [-0.2, 0) is 4.74 Å². The highest BCUT2D eigenvalue weighted by Gasteiger charge is 2.35. The molecule has 5 heteroatoms. The summed E-state index contributed by atoms with van der Waals surface area (Å²) < 4.78 is 11.3. The second kappa shape index (κ2) is 5.74. The van der Waals surface area contributed by atoms with Crippen LogP contribution in [0, 0.1) is 11.8 Å². The second-order valence-corrected chi connectivity index (χ2v) is 6.36. The molecule has 0 saturated carbocycles. The zero-order chi connectivity index (χ0) is 15.8. The molecule has 1 aliphatic heterocycles. The van der Waals surface area contributed by atoms with Gasteiger partial charge in [0.2, 0.25) is 5.82 Å². The van der Waals surface area contributed by atoms with Gasteiger partial charge in [-0.15, -0.1) is 0 Å². The maximum atomic E-state index is 5.83. The molecule has 0 radical (unpaired) electrons. The lowest BCUT2D eigenvalue weighted by Gasteiger charge is -2.18. The third-order valence-corrected chi connectivity index (χ3v) is 4.54. The standard InChI is InChI=1S/C18H19N3O2/c1-11(2)14-7-9-22-16(14)18-20-17(21-23-18)13-5-6-15-12(10-13)4-3-8-19-15/h3-6,8,10-11,14,16H,7,9H2,1-2H3/t14-,16-/m0/s1.